The maximum atomic E-state index is 14.1. The Labute approximate surface area is 377 Å². The number of likely N-dealkylation sites (N-methyl/N-ethyl adjacent to an activating group) is 2. The zero-order valence-electron chi connectivity index (χ0n) is 38.5. The molecule has 0 bridgehead atoms. The summed E-state index contributed by atoms with van der Waals surface area (Å²) in [6.07, 6.45) is 4.60. The Hall–Kier alpha value is -6.06. The van der Waals surface area contributed by atoms with Crippen LogP contribution in [0.3, 0.4) is 0 Å². The number of nitrogens with zero attached hydrogens (tertiary/aromatic N) is 4. The molecule has 4 rings (SSSR count). The minimum atomic E-state index is -1.12. The third-order valence-corrected chi connectivity index (χ3v) is 12.1. The summed E-state index contributed by atoms with van der Waals surface area (Å²) in [5.74, 6) is -4.77. The van der Waals surface area contributed by atoms with Crippen LogP contribution in [0.25, 0.3) is 6.08 Å². The lowest BCUT2D eigenvalue weighted by molar-refractivity contribution is -0.161. The summed E-state index contributed by atoms with van der Waals surface area (Å²) in [6.45, 7) is 9.09. The maximum Gasteiger partial charge on any atom is 0.331 e. The van der Waals surface area contributed by atoms with E-state index >= 15 is 0 Å². The largest absolute Gasteiger partial charge is 0.467 e. The van der Waals surface area contributed by atoms with Crippen molar-refractivity contribution in [3.8, 4) is 0 Å². The number of carbonyl (C=O) groups is 8. The molecule has 6 amide bonds. The van der Waals surface area contributed by atoms with Crippen molar-refractivity contribution in [3.05, 3.63) is 77.9 Å². The quantitative estimate of drug-likeness (QED) is 0.147. The van der Waals surface area contributed by atoms with E-state index in [1.165, 1.54) is 53.8 Å². The van der Waals surface area contributed by atoms with Crippen LogP contribution in [0.4, 0.5) is 0 Å². The van der Waals surface area contributed by atoms with E-state index in [1.807, 2.05) is 81.4 Å². The number of methoxy groups -OCH3 is 1. The number of carbonyl (C=O) groups excluding carboxylic acids is 8. The first-order chi connectivity index (χ1) is 30.5. The van der Waals surface area contributed by atoms with E-state index in [-0.39, 0.29) is 31.2 Å². The Morgan fingerprint density at radius 1 is 0.797 bits per heavy atom. The summed E-state index contributed by atoms with van der Waals surface area (Å²) in [7, 11) is 4.21. The molecule has 16 heteroatoms. The van der Waals surface area contributed by atoms with Gasteiger partial charge in [-0.15, -0.1) is 0 Å². The van der Waals surface area contributed by atoms with Gasteiger partial charge in [-0.05, 0) is 68.6 Å². The van der Waals surface area contributed by atoms with Crippen LogP contribution in [0.2, 0.25) is 0 Å². The summed E-state index contributed by atoms with van der Waals surface area (Å²) in [6, 6.07) is 13.6. The van der Waals surface area contributed by atoms with Crippen LogP contribution >= 0.6 is 0 Å². The van der Waals surface area contributed by atoms with E-state index in [2.05, 4.69) is 10.6 Å². The van der Waals surface area contributed by atoms with Crippen molar-refractivity contribution >= 4 is 53.5 Å². The standard InChI is InChI=1S/C48H66N6O10/c1-9-32(4)42(64-41(56)25-24-34-18-12-10-13-19-34)47(61)53-26-16-22-36(53)43(57)49-30-40(55)51(6)38(28-31(2)3)44(58)50-33(5)45(59)52(7)39(29-35-20-14-11-15-21-35)46(60)54-27-17-23-37(54)48(62)63-8/h10-15,18-21,24-25,31-33,36-39,42H,9,16-17,22-23,26-30H2,1-8H3,(H,49,57)(H,50,58)/b25-24+/t32-,33-,36-,37-,38-,39+,42+/m0/s1. The predicted octanol–water partition coefficient (Wildman–Crippen LogP) is 3.38. The fourth-order valence-corrected chi connectivity index (χ4v) is 8.11. The number of esters is 2. The highest BCUT2D eigenvalue weighted by atomic mass is 16.5. The molecule has 0 spiro atoms. The molecule has 2 saturated heterocycles. The first-order valence-corrected chi connectivity index (χ1v) is 22.3. The Balaban J connectivity index is 1.40. The van der Waals surface area contributed by atoms with Gasteiger partial charge in [-0.1, -0.05) is 88.4 Å². The summed E-state index contributed by atoms with van der Waals surface area (Å²) < 4.78 is 10.6. The molecule has 0 saturated carbocycles. The molecular weight excluding hydrogens is 821 g/mol. The van der Waals surface area contributed by atoms with Gasteiger partial charge >= 0.3 is 11.9 Å². The third kappa shape index (κ3) is 13.5. The molecule has 2 heterocycles. The molecule has 7 atom stereocenters. The minimum absolute atomic E-state index is 0.0511. The average Bonchev–Trinajstić information content (AvgIpc) is 4.00. The van der Waals surface area contributed by atoms with Gasteiger partial charge in [0.25, 0.3) is 5.91 Å². The van der Waals surface area contributed by atoms with E-state index in [4.69, 9.17) is 9.47 Å². The number of nitrogens with one attached hydrogen (secondary N) is 2. The molecule has 2 aromatic carbocycles. The number of hydrogen-bond donors (Lipinski definition) is 2. The van der Waals surface area contributed by atoms with E-state index in [9.17, 15) is 38.4 Å². The second-order valence-electron chi connectivity index (χ2n) is 17.1. The molecule has 0 unspecified atom stereocenters. The highest BCUT2D eigenvalue weighted by Crippen LogP contribution is 2.25. The average molecular weight is 887 g/mol. The maximum absolute atomic E-state index is 14.1. The van der Waals surface area contributed by atoms with Gasteiger partial charge < -0.3 is 39.7 Å². The molecule has 0 aromatic heterocycles. The van der Waals surface area contributed by atoms with Crippen molar-refractivity contribution in [2.75, 3.05) is 40.8 Å². The van der Waals surface area contributed by atoms with Gasteiger partial charge in [0.15, 0.2) is 6.10 Å². The molecule has 16 nitrogen and oxygen atoms in total. The zero-order chi connectivity index (χ0) is 47.1. The second-order valence-corrected chi connectivity index (χ2v) is 17.1. The number of amides is 6. The van der Waals surface area contributed by atoms with Crippen LogP contribution in [-0.4, -0.2) is 144 Å². The Morgan fingerprint density at radius 2 is 1.39 bits per heavy atom. The monoisotopic (exact) mass is 886 g/mol. The summed E-state index contributed by atoms with van der Waals surface area (Å²) >= 11 is 0. The number of benzene rings is 2. The Bertz CT molecular complexity index is 1980. The van der Waals surface area contributed by atoms with Crippen LogP contribution < -0.4 is 10.6 Å². The van der Waals surface area contributed by atoms with Crippen LogP contribution in [-0.2, 0) is 54.3 Å². The summed E-state index contributed by atoms with van der Waals surface area (Å²) in [5.41, 5.74) is 1.59. The molecule has 2 aliphatic rings. The zero-order valence-corrected chi connectivity index (χ0v) is 38.5. The lowest BCUT2D eigenvalue weighted by atomic mass is 10.00. The molecule has 2 N–H and O–H groups in total. The molecule has 0 aliphatic carbocycles. The smallest absolute Gasteiger partial charge is 0.331 e. The highest BCUT2D eigenvalue weighted by Gasteiger charge is 2.42. The van der Waals surface area contributed by atoms with Gasteiger partial charge in [0, 0.05) is 45.6 Å². The first kappa shape index (κ1) is 50.6. The topological polar surface area (TPSA) is 192 Å². The molecule has 0 radical (unpaired) electrons. The van der Waals surface area contributed by atoms with Gasteiger partial charge in [0.1, 0.15) is 30.2 Å². The molecule has 2 aromatic rings. The second kappa shape index (κ2) is 24.1. The molecular formula is C48H66N6O10. The minimum Gasteiger partial charge on any atom is -0.467 e. The third-order valence-electron chi connectivity index (χ3n) is 12.1. The lowest BCUT2D eigenvalue weighted by Crippen LogP contribution is -2.58. The predicted molar refractivity (Wildman–Crippen MR) is 240 cm³/mol. The van der Waals surface area contributed by atoms with Gasteiger partial charge in [-0.25, -0.2) is 9.59 Å². The molecule has 348 valence electrons. The SMILES string of the molecule is CC[C@H](C)[C@@H](OC(=O)/C=C/c1ccccc1)C(=O)N1CCC[C@H]1C(=O)NCC(=O)N(C)[C@@H](CC(C)C)C(=O)N[C@@H](C)C(=O)N(C)[C@H](Cc1ccccc1)C(=O)N1CCC[C@H]1C(=O)OC. The molecule has 2 fully saturated rings. The van der Waals surface area contributed by atoms with Crippen molar-refractivity contribution in [2.24, 2.45) is 11.8 Å². The van der Waals surface area contributed by atoms with Crippen molar-refractivity contribution in [3.63, 3.8) is 0 Å². The fraction of sp³-hybridized carbons (Fsp3) is 0.542. The van der Waals surface area contributed by atoms with Crippen molar-refractivity contribution in [2.45, 2.75) is 116 Å². The lowest BCUT2D eigenvalue weighted by Gasteiger charge is -2.35. The van der Waals surface area contributed by atoms with E-state index in [0.717, 1.165) is 11.1 Å². The van der Waals surface area contributed by atoms with Crippen LogP contribution in [0.1, 0.15) is 84.3 Å². The summed E-state index contributed by atoms with van der Waals surface area (Å²) in [5, 5.41) is 5.40. The van der Waals surface area contributed by atoms with E-state index in [1.54, 1.807) is 13.0 Å². The van der Waals surface area contributed by atoms with Gasteiger partial charge in [0.2, 0.25) is 29.5 Å². The van der Waals surface area contributed by atoms with Crippen LogP contribution in [0.15, 0.2) is 66.7 Å². The van der Waals surface area contributed by atoms with Crippen molar-refractivity contribution < 1.29 is 47.8 Å². The normalized spacial score (nSPS) is 18.4. The number of likely N-dealkylation sites (tertiary alicyclic amines) is 2. The van der Waals surface area contributed by atoms with E-state index < -0.39 is 90.2 Å². The number of ether oxygens (including phenoxy) is 2. The molecule has 2 aliphatic heterocycles. The number of rotatable bonds is 20. The number of hydrogen-bond acceptors (Lipinski definition) is 10. The van der Waals surface area contributed by atoms with Crippen molar-refractivity contribution in [1.29, 1.82) is 0 Å². The summed E-state index contributed by atoms with van der Waals surface area (Å²) in [4.78, 5) is 114. The molecule has 64 heavy (non-hydrogen) atoms. The van der Waals surface area contributed by atoms with Crippen LogP contribution in [0.5, 0.6) is 0 Å². The van der Waals surface area contributed by atoms with Crippen molar-refractivity contribution in [1.82, 2.24) is 30.2 Å². The van der Waals surface area contributed by atoms with Gasteiger partial charge in [-0.3, -0.25) is 28.8 Å². The van der Waals surface area contributed by atoms with E-state index in [0.29, 0.717) is 38.6 Å². The fourth-order valence-electron chi connectivity index (χ4n) is 8.11. The Kier molecular flexibility index (Phi) is 19.1. The van der Waals surface area contributed by atoms with Gasteiger partial charge in [0.05, 0.1) is 13.7 Å². The highest BCUT2D eigenvalue weighted by molar-refractivity contribution is 5.97. The first-order valence-electron chi connectivity index (χ1n) is 22.3. The Morgan fingerprint density at radius 3 is 1.98 bits per heavy atom. The van der Waals surface area contributed by atoms with Gasteiger partial charge in [-0.2, -0.15) is 0 Å². The van der Waals surface area contributed by atoms with Crippen LogP contribution in [0, 0.1) is 11.8 Å².